The number of pyridine rings is 1. The minimum Gasteiger partial charge on any atom is -0.467 e. The van der Waals surface area contributed by atoms with Gasteiger partial charge in [-0.3, -0.25) is 4.79 Å². The lowest BCUT2D eigenvalue weighted by Crippen LogP contribution is -2.30. The number of para-hydroxylation sites is 1. The number of carbonyl (C=O) groups excluding carboxylic acids is 1. The first-order valence-corrected chi connectivity index (χ1v) is 9.15. The molecular formula is C21H17N5O3. The Balaban J connectivity index is 1.60. The van der Waals surface area contributed by atoms with Gasteiger partial charge in [-0.25, -0.2) is 0 Å². The number of hydrogen-bond donors (Lipinski definition) is 0. The molecular weight excluding hydrogens is 370 g/mol. The molecule has 0 aliphatic carbocycles. The summed E-state index contributed by atoms with van der Waals surface area (Å²) in [4.78, 5) is 14.7. The summed E-state index contributed by atoms with van der Waals surface area (Å²) in [5, 5.41) is 13.2. The molecule has 8 nitrogen and oxygen atoms in total. The summed E-state index contributed by atoms with van der Waals surface area (Å²) in [5.41, 5.74) is 3.47. The molecule has 0 atom stereocenters. The van der Waals surface area contributed by atoms with Crippen LogP contribution in [0.2, 0.25) is 0 Å². The van der Waals surface area contributed by atoms with Gasteiger partial charge in [-0.2, -0.15) is 4.52 Å². The van der Waals surface area contributed by atoms with Crippen molar-refractivity contribution in [2.45, 2.75) is 20.0 Å². The number of aromatic nitrogens is 4. The van der Waals surface area contributed by atoms with Gasteiger partial charge in [-0.15, -0.1) is 5.10 Å². The second-order valence-electron chi connectivity index (χ2n) is 6.81. The Labute approximate surface area is 165 Å². The highest BCUT2D eigenvalue weighted by molar-refractivity contribution is 5.92. The maximum atomic E-state index is 13.1. The fourth-order valence-corrected chi connectivity index (χ4v) is 3.55. The van der Waals surface area contributed by atoms with Crippen LogP contribution in [0.1, 0.15) is 27.4 Å². The number of amides is 1. The van der Waals surface area contributed by atoms with Gasteiger partial charge in [0.05, 0.1) is 31.1 Å². The van der Waals surface area contributed by atoms with Crippen molar-refractivity contribution in [2.75, 3.05) is 0 Å². The van der Waals surface area contributed by atoms with Crippen LogP contribution in [0, 0.1) is 6.92 Å². The van der Waals surface area contributed by atoms with Crippen LogP contribution < -0.4 is 0 Å². The van der Waals surface area contributed by atoms with Crippen molar-refractivity contribution in [2.24, 2.45) is 0 Å². The van der Waals surface area contributed by atoms with Crippen molar-refractivity contribution in [3.05, 3.63) is 83.7 Å². The largest absolute Gasteiger partial charge is 0.467 e. The maximum absolute atomic E-state index is 13.1. The molecule has 1 aromatic carbocycles. The van der Waals surface area contributed by atoms with Gasteiger partial charge in [0, 0.05) is 10.9 Å². The summed E-state index contributed by atoms with van der Waals surface area (Å²) in [7, 11) is 0. The van der Waals surface area contributed by atoms with Crippen LogP contribution in [0.15, 0.2) is 69.9 Å². The molecule has 29 heavy (non-hydrogen) atoms. The molecule has 0 fully saturated rings. The van der Waals surface area contributed by atoms with Gasteiger partial charge in [-0.1, -0.05) is 18.2 Å². The zero-order valence-corrected chi connectivity index (χ0v) is 15.6. The average Bonchev–Trinajstić information content (AvgIpc) is 3.48. The van der Waals surface area contributed by atoms with Gasteiger partial charge in [0.2, 0.25) is 0 Å². The summed E-state index contributed by atoms with van der Waals surface area (Å²) in [5.74, 6) is 0.710. The van der Waals surface area contributed by atoms with E-state index in [1.165, 1.54) is 6.26 Å². The fraction of sp³-hybridized carbons (Fsp3) is 0.143. The van der Waals surface area contributed by atoms with E-state index in [4.69, 9.17) is 8.83 Å². The van der Waals surface area contributed by atoms with E-state index in [1.54, 1.807) is 33.9 Å². The SMILES string of the molecule is Cc1cccc2cc(CN(Cc3ccco3)C(=O)c3ccco3)c3nnnn3c12. The molecule has 0 bridgehead atoms. The number of aryl methyl sites for hydroxylation is 1. The van der Waals surface area contributed by atoms with Crippen molar-refractivity contribution in [3.8, 4) is 0 Å². The third kappa shape index (κ3) is 3.04. The lowest BCUT2D eigenvalue weighted by molar-refractivity contribution is 0.0686. The van der Waals surface area contributed by atoms with Crippen LogP contribution in [0.4, 0.5) is 0 Å². The summed E-state index contributed by atoms with van der Waals surface area (Å²) in [6.45, 7) is 2.62. The number of benzene rings is 1. The molecule has 1 amide bonds. The minimum atomic E-state index is -0.235. The van der Waals surface area contributed by atoms with Crippen molar-refractivity contribution in [1.29, 1.82) is 0 Å². The topological polar surface area (TPSA) is 89.7 Å². The van der Waals surface area contributed by atoms with Crippen LogP contribution >= 0.6 is 0 Å². The monoisotopic (exact) mass is 387 g/mol. The van der Waals surface area contributed by atoms with E-state index < -0.39 is 0 Å². The Kier molecular flexibility index (Phi) is 4.09. The molecule has 5 aromatic rings. The molecule has 0 radical (unpaired) electrons. The number of nitrogens with zero attached hydrogens (tertiary/aromatic N) is 5. The van der Waals surface area contributed by atoms with Gasteiger partial charge >= 0.3 is 0 Å². The lowest BCUT2D eigenvalue weighted by Gasteiger charge is -2.21. The third-order valence-corrected chi connectivity index (χ3v) is 4.87. The Morgan fingerprint density at radius 2 is 1.93 bits per heavy atom. The quantitative estimate of drug-likeness (QED) is 0.458. The summed E-state index contributed by atoms with van der Waals surface area (Å²) in [6.07, 6.45) is 3.07. The first kappa shape index (κ1) is 17.2. The highest BCUT2D eigenvalue weighted by Crippen LogP contribution is 2.24. The van der Waals surface area contributed by atoms with E-state index in [2.05, 4.69) is 15.5 Å². The molecule has 0 saturated heterocycles. The Hall–Kier alpha value is -3.94. The van der Waals surface area contributed by atoms with E-state index >= 15 is 0 Å². The zero-order chi connectivity index (χ0) is 19.8. The first-order chi connectivity index (χ1) is 14.2. The molecule has 0 unspecified atom stereocenters. The Bertz CT molecular complexity index is 1290. The molecule has 4 heterocycles. The highest BCUT2D eigenvalue weighted by atomic mass is 16.3. The van der Waals surface area contributed by atoms with Crippen LogP contribution in [-0.2, 0) is 13.1 Å². The van der Waals surface area contributed by atoms with Gasteiger partial charge in [0.25, 0.3) is 5.91 Å². The molecule has 0 spiro atoms. The standard InChI is InChI=1S/C21H17N5O3/c1-14-5-2-6-15-11-16(20-22-23-24-26(20)19(14)15)12-25(13-17-7-3-9-28-17)21(27)18-8-4-10-29-18/h2-11H,12-13H2,1H3. The predicted molar refractivity (Wildman–Crippen MR) is 104 cm³/mol. The van der Waals surface area contributed by atoms with Crippen molar-refractivity contribution >= 4 is 22.5 Å². The molecule has 144 valence electrons. The van der Waals surface area contributed by atoms with E-state index in [1.807, 2.05) is 37.3 Å². The van der Waals surface area contributed by atoms with Crippen LogP contribution in [0.25, 0.3) is 16.6 Å². The predicted octanol–water partition coefficient (Wildman–Crippen LogP) is 3.61. The van der Waals surface area contributed by atoms with Crippen LogP contribution in [0.5, 0.6) is 0 Å². The number of carbonyl (C=O) groups is 1. The maximum Gasteiger partial charge on any atom is 0.290 e. The van der Waals surface area contributed by atoms with E-state index in [0.29, 0.717) is 24.5 Å². The van der Waals surface area contributed by atoms with Gasteiger partial charge < -0.3 is 13.7 Å². The molecule has 5 rings (SSSR count). The van der Waals surface area contributed by atoms with Crippen LogP contribution in [0.3, 0.4) is 0 Å². The van der Waals surface area contributed by atoms with Crippen molar-refractivity contribution in [1.82, 2.24) is 24.9 Å². The number of furan rings is 2. The smallest absolute Gasteiger partial charge is 0.290 e. The van der Waals surface area contributed by atoms with E-state index in [0.717, 1.165) is 22.0 Å². The normalized spacial score (nSPS) is 11.3. The number of fused-ring (bicyclic) bond motifs is 3. The summed E-state index contributed by atoms with van der Waals surface area (Å²) < 4.78 is 12.5. The Morgan fingerprint density at radius 1 is 1.07 bits per heavy atom. The lowest BCUT2D eigenvalue weighted by atomic mass is 10.1. The van der Waals surface area contributed by atoms with Gasteiger partial charge in [0.1, 0.15) is 5.76 Å². The Morgan fingerprint density at radius 3 is 2.72 bits per heavy atom. The van der Waals surface area contributed by atoms with E-state index in [9.17, 15) is 4.79 Å². The number of hydrogen-bond acceptors (Lipinski definition) is 6. The molecule has 4 aromatic heterocycles. The molecule has 0 aliphatic rings. The summed E-state index contributed by atoms with van der Waals surface area (Å²) in [6, 6.07) is 15.0. The van der Waals surface area contributed by atoms with Crippen LogP contribution in [-0.4, -0.2) is 30.8 Å². The van der Waals surface area contributed by atoms with Crippen molar-refractivity contribution < 1.29 is 13.6 Å². The highest BCUT2D eigenvalue weighted by Gasteiger charge is 2.22. The zero-order valence-electron chi connectivity index (χ0n) is 15.6. The van der Waals surface area contributed by atoms with Gasteiger partial charge in [0.15, 0.2) is 11.4 Å². The number of tetrazole rings is 1. The molecule has 0 aliphatic heterocycles. The third-order valence-electron chi connectivity index (χ3n) is 4.87. The molecule has 0 N–H and O–H groups in total. The summed E-state index contributed by atoms with van der Waals surface area (Å²) >= 11 is 0. The van der Waals surface area contributed by atoms with E-state index in [-0.39, 0.29) is 11.7 Å². The first-order valence-electron chi connectivity index (χ1n) is 9.15. The number of rotatable bonds is 5. The second kappa shape index (κ2) is 6.90. The second-order valence-corrected chi connectivity index (χ2v) is 6.81. The fourth-order valence-electron chi connectivity index (χ4n) is 3.55. The average molecular weight is 387 g/mol. The molecule has 8 heteroatoms. The van der Waals surface area contributed by atoms with Gasteiger partial charge in [-0.05, 0) is 53.2 Å². The minimum absolute atomic E-state index is 0.235. The van der Waals surface area contributed by atoms with Crippen molar-refractivity contribution in [3.63, 3.8) is 0 Å². The molecule has 0 saturated carbocycles.